The lowest BCUT2D eigenvalue weighted by Crippen LogP contribution is -2.44. The number of hydrogen-bond donors (Lipinski definition) is 2. The van der Waals surface area contributed by atoms with Crippen LogP contribution in [0.2, 0.25) is 0 Å². The molecule has 0 saturated carbocycles. The molecular formula is C18H26F3IN4O2. The number of nitrogens with zero attached hydrogens (tertiary/aromatic N) is 2. The minimum atomic E-state index is -4.48. The Bertz CT molecular complexity index is 698. The van der Waals surface area contributed by atoms with Crippen molar-refractivity contribution in [1.29, 1.82) is 0 Å². The van der Waals surface area contributed by atoms with Crippen molar-refractivity contribution in [3.05, 3.63) is 29.3 Å². The minimum absolute atomic E-state index is 0. The van der Waals surface area contributed by atoms with Crippen LogP contribution in [0.1, 0.15) is 30.9 Å². The molecule has 1 unspecified atom stereocenters. The third kappa shape index (κ3) is 6.42. The van der Waals surface area contributed by atoms with Crippen molar-refractivity contribution < 1.29 is 22.7 Å². The largest absolute Gasteiger partial charge is 0.497 e. The van der Waals surface area contributed by atoms with E-state index in [1.165, 1.54) is 19.2 Å². The number of halogens is 4. The third-order valence-electron chi connectivity index (χ3n) is 4.48. The van der Waals surface area contributed by atoms with Gasteiger partial charge in [0.1, 0.15) is 5.75 Å². The van der Waals surface area contributed by atoms with Crippen LogP contribution in [0.15, 0.2) is 23.2 Å². The highest BCUT2D eigenvalue weighted by Crippen LogP contribution is 2.34. The van der Waals surface area contributed by atoms with Crippen LogP contribution in [0, 0.1) is 0 Å². The second kappa shape index (κ2) is 10.7. The zero-order valence-electron chi connectivity index (χ0n) is 16.1. The number of benzene rings is 1. The van der Waals surface area contributed by atoms with Crippen LogP contribution in [-0.4, -0.2) is 50.1 Å². The van der Waals surface area contributed by atoms with Gasteiger partial charge in [-0.05, 0) is 24.1 Å². The molecule has 1 heterocycles. The number of guanidine groups is 1. The molecule has 10 heteroatoms. The maximum Gasteiger partial charge on any atom is 0.416 e. The Morgan fingerprint density at radius 1 is 1.39 bits per heavy atom. The normalized spacial score (nSPS) is 17.1. The molecule has 2 N–H and O–H groups in total. The Kier molecular flexibility index (Phi) is 9.31. The van der Waals surface area contributed by atoms with Crippen molar-refractivity contribution in [1.82, 2.24) is 15.5 Å². The number of hydrogen-bond acceptors (Lipinski definition) is 3. The average Bonchev–Trinajstić information content (AvgIpc) is 3.12. The molecule has 1 atom stereocenters. The van der Waals surface area contributed by atoms with Crippen LogP contribution in [0.4, 0.5) is 13.2 Å². The molecular weight excluding hydrogens is 488 g/mol. The van der Waals surface area contributed by atoms with E-state index in [4.69, 9.17) is 4.74 Å². The summed E-state index contributed by atoms with van der Waals surface area (Å²) < 4.78 is 44.7. The van der Waals surface area contributed by atoms with E-state index in [1.54, 1.807) is 11.9 Å². The molecule has 0 bridgehead atoms. The number of nitrogens with one attached hydrogen (secondary N) is 2. The van der Waals surface area contributed by atoms with Gasteiger partial charge in [-0.15, -0.1) is 24.0 Å². The molecule has 1 aliphatic heterocycles. The van der Waals surface area contributed by atoms with Crippen LogP contribution in [-0.2, 0) is 17.5 Å². The lowest BCUT2D eigenvalue weighted by Gasteiger charge is -2.20. The average molecular weight is 514 g/mol. The SMILES string of the molecule is CCC(=O)N1CCC(NC(=NC)NCc2ccc(OC)cc2C(F)(F)F)C1.I. The second-order valence-corrected chi connectivity index (χ2v) is 6.27. The molecule has 0 spiro atoms. The highest BCUT2D eigenvalue weighted by molar-refractivity contribution is 14.0. The number of ether oxygens (including phenoxy) is 1. The van der Waals surface area contributed by atoms with E-state index < -0.39 is 11.7 Å². The zero-order valence-corrected chi connectivity index (χ0v) is 18.4. The van der Waals surface area contributed by atoms with E-state index in [9.17, 15) is 18.0 Å². The number of likely N-dealkylation sites (tertiary alicyclic amines) is 1. The van der Waals surface area contributed by atoms with Gasteiger partial charge in [0, 0.05) is 39.1 Å². The van der Waals surface area contributed by atoms with Crippen LogP contribution in [0.5, 0.6) is 5.75 Å². The van der Waals surface area contributed by atoms with E-state index >= 15 is 0 Å². The summed E-state index contributed by atoms with van der Waals surface area (Å²) in [5.41, 5.74) is -0.647. The Balaban J connectivity index is 0.00000392. The molecule has 1 fully saturated rings. The molecule has 28 heavy (non-hydrogen) atoms. The first-order valence-corrected chi connectivity index (χ1v) is 8.77. The van der Waals surface area contributed by atoms with Crippen LogP contribution in [0.25, 0.3) is 0 Å². The lowest BCUT2D eigenvalue weighted by atomic mass is 10.1. The summed E-state index contributed by atoms with van der Waals surface area (Å²) in [5.74, 6) is 0.644. The molecule has 1 amide bonds. The van der Waals surface area contributed by atoms with Gasteiger partial charge < -0.3 is 20.3 Å². The van der Waals surface area contributed by atoms with E-state index in [0.717, 1.165) is 12.5 Å². The highest BCUT2D eigenvalue weighted by atomic mass is 127. The summed E-state index contributed by atoms with van der Waals surface area (Å²) in [6, 6.07) is 3.88. The number of rotatable bonds is 5. The minimum Gasteiger partial charge on any atom is -0.497 e. The van der Waals surface area contributed by atoms with Crippen molar-refractivity contribution in [2.45, 2.75) is 38.5 Å². The summed E-state index contributed by atoms with van der Waals surface area (Å²) >= 11 is 0. The van der Waals surface area contributed by atoms with E-state index in [0.29, 0.717) is 25.5 Å². The van der Waals surface area contributed by atoms with Gasteiger partial charge >= 0.3 is 6.18 Å². The predicted molar refractivity (Wildman–Crippen MR) is 112 cm³/mol. The first-order valence-electron chi connectivity index (χ1n) is 8.77. The molecule has 158 valence electrons. The van der Waals surface area contributed by atoms with Crippen molar-refractivity contribution in [3.63, 3.8) is 0 Å². The lowest BCUT2D eigenvalue weighted by molar-refractivity contribution is -0.138. The maximum atomic E-state index is 13.3. The Hall–Kier alpha value is -1.72. The van der Waals surface area contributed by atoms with Crippen molar-refractivity contribution >= 4 is 35.8 Å². The van der Waals surface area contributed by atoms with Crippen LogP contribution >= 0.6 is 24.0 Å². The molecule has 6 nitrogen and oxygen atoms in total. The summed E-state index contributed by atoms with van der Waals surface area (Å²) in [6.45, 7) is 3.00. The third-order valence-corrected chi connectivity index (χ3v) is 4.48. The van der Waals surface area contributed by atoms with Gasteiger partial charge in [-0.1, -0.05) is 13.0 Å². The van der Waals surface area contributed by atoms with E-state index in [-0.39, 0.29) is 53.8 Å². The van der Waals surface area contributed by atoms with Gasteiger partial charge in [0.25, 0.3) is 0 Å². The quantitative estimate of drug-likeness (QED) is 0.361. The summed E-state index contributed by atoms with van der Waals surface area (Å²) in [4.78, 5) is 17.6. The van der Waals surface area contributed by atoms with Gasteiger partial charge in [0.05, 0.1) is 12.7 Å². The molecule has 2 rings (SSSR count). The molecule has 1 saturated heterocycles. The van der Waals surface area contributed by atoms with E-state index in [2.05, 4.69) is 15.6 Å². The summed E-state index contributed by atoms with van der Waals surface area (Å²) in [6.07, 6.45) is -3.25. The van der Waals surface area contributed by atoms with E-state index in [1.807, 2.05) is 6.92 Å². The number of carbonyl (C=O) groups is 1. The molecule has 1 aliphatic rings. The Morgan fingerprint density at radius 2 is 2.11 bits per heavy atom. The van der Waals surface area contributed by atoms with Crippen LogP contribution < -0.4 is 15.4 Å². The topological polar surface area (TPSA) is 66.0 Å². The smallest absolute Gasteiger partial charge is 0.416 e. The molecule has 0 radical (unpaired) electrons. The fourth-order valence-electron chi connectivity index (χ4n) is 3.00. The van der Waals surface area contributed by atoms with Gasteiger partial charge in [-0.25, -0.2) is 0 Å². The molecule has 0 aromatic heterocycles. The standard InChI is InChI=1S/C18H25F3N4O2.HI/c1-4-16(26)25-8-7-13(11-25)24-17(22-2)23-10-12-5-6-14(27-3)9-15(12)18(19,20)21;/h5-6,9,13H,4,7-8,10-11H2,1-3H3,(H2,22,23,24);1H. The number of alkyl halides is 3. The fraction of sp³-hybridized carbons (Fsp3) is 0.556. The van der Waals surface area contributed by atoms with Gasteiger partial charge in [0.2, 0.25) is 5.91 Å². The Labute approximate surface area is 179 Å². The first-order chi connectivity index (χ1) is 12.8. The summed E-state index contributed by atoms with van der Waals surface area (Å²) in [5, 5.41) is 6.08. The number of carbonyl (C=O) groups excluding carboxylic acids is 1. The monoisotopic (exact) mass is 514 g/mol. The summed E-state index contributed by atoms with van der Waals surface area (Å²) in [7, 11) is 2.88. The van der Waals surface area contributed by atoms with Crippen molar-refractivity contribution in [2.24, 2.45) is 4.99 Å². The molecule has 1 aromatic rings. The number of aliphatic imine (C=N–C) groups is 1. The van der Waals surface area contributed by atoms with Crippen molar-refractivity contribution in [2.75, 3.05) is 27.2 Å². The van der Waals surface area contributed by atoms with Crippen LogP contribution in [0.3, 0.4) is 0 Å². The van der Waals surface area contributed by atoms with Crippen molar-refractivity contribution in [3.8, 4) is 5.75 Å². The fourth-order valence-corrected chi connectivity index (χ4v) is 3.00. The number of amides is 1. The van der Waals surface area contributed by atoms with Gasteiger partial charge in [-0.3, -0.25) is 9.79 Å². The molecule has 0 aliphatic carbocycles. The maximum absolute atomic E-state index is 13.3. The first kappa shape index (κ1) is 24.3. The second-order valence-electron chi connectivity index (χ2n) is 6.27. The predicted octanol–water partition coefficient (Wildman–Crippen LogP) is 3.01. The van der Waals surface area contributed by atoms with Gasteiger partial charge in [0.15, 0.2) is 5.96 Å². The Morgan fingerprint density at radius 3 is 2.68 bits per heavy atom. The molecule has 1 aromatic carbocycles. The highest BCUT2D eigenvalue weighted by Gasteiger charge is 2.34. The van der Waals surface area contributed by atoms with Gasteiger partial charge in [-0.2, -0.15) is 13.2 Å². The zero-order chi connectivity index (χ0) is 20.0. The number of methoxy groups -OCH3 is 1.